The van der Waals surface area contributed by atoms with Crippen molar-refractivity contribution in [3.8, 4) is 11.9 Å². The number of carbonyl (C=O) groups is 2. The van der Waals surface area contributed by atoms with Gasteiger partial charge in [0.1, 0.15) is 11.8 Å². The first-order chi connectivity index (χ1) is 15.6. The Morgan fingerprint density at radius 3 is 2.72 bits per heavy atom. The maximum absolute atomic E-state index is 13.2. The SMILES string of the molecule is CCOc1ccccc1CN=C(NC#N)N[C@H]1CCCCN(CC(=O)N2CCCC2)C1=O. The standard InChI is InChI=1S/C23H32N6O3/c1-2-32-20-11-4-3-9-18(20)15-25-23(26-17-24)27-19-10-5-6-14-29(22(19)31)16-21(30)28-12-7-8-13-28/h3-4,9,11,19H,2,5-8,10,12-16H2,1H3,(H2,25,26,27)/t19-/m0/s1. The second-order valence-corrected chi connectivity index (χ2v) is 7.98. The van der Waals surface area contributed by atoms with Gasteiger partial charge in [-0.05, 0) is 45.1 Å². The number of carbonyl (C=O) groups excluding carboxylic acids is 2. The minimum atomic E-state index is -0.536. The van der Waals surface area contributed by atoms with Gasteiger partial charge in [0.05, 0.1) is 19.7 Å². The van der Waals surface area contributed by atoms with Crippen LogP contribution in [0.25, 0.3) is 0 Å². The molecule has 1 aromatic carbocycles. The molecule has 9 heteroatoms. The van der Waals surface area contributed by atoms with Gasteiger partial charge in [0, 0.05) is 25.2 Å². The van der Waals surface area contributed by atoms with Crippen LogP contribution in [0.2, 0.25) is 0 Å². The quantitative estimate of drug-likeness (QED) is 0.288. The molecule has 32 heavy (non-hydrogen) atoms. The molecule has 2 N–H and O–H groups in total. The molecule has 0 bridgehead atoms. The summed E-state index contributed by atoms with van der Waals surface area (Å²) < 4.78 is 5.63. The topological polar surface area (TPSA) is 110 Å². The maximum atomic E-state index is 13.2. The number of hydrogen-bond donors (Lipinski definition) is 2. The first-order valence-electron chi connectivity index (χ1n) is 11.4. The number of benzene rings is 1. The third-order valence-corrected chi connectivity index (χ3v) is 5.73. The molecule has 0 aliphatic carbocycles. The average Bonchev–Trinajstić information content (AvgIpc) is 3.29. The van der Waals surface area contributed by atoms with Crippen LogP contribution in [0.4, 0.5) is 0 Å². The van der Waals surface area contributed by atoms with E-state index in [9.17, 15) is 9.59 Å². The van der Waals surface area contributed by atoms with Gasteiger partial charge < -0.3 is 19.9 Å². The zero-order valence-electron chi connectivity index (χ0n) is 18.7. The van der Waals surface area contributed by atoms with E-state index in [1.54, 1.807) is 4.90 Å². The summed E-state index contributed by atoms with van der Waals surface area (Å²) in [7, 11) is 0. The van der Waals surface area contributed by atoms with Crippen LogP contribution < -0.4 is 15.4 Å². The van der Waals surface area contributed by atoms with Gasteiger partial charge in [0.25, 0.3) is 0 Å². The Balaban J connectivity index is 1.67. The lowest BCUT2D eigenvalue weighted by atomic mass is 10.1. The van der Waals surface area contributed by atoms with Crippen molar-refractivity contribution in [2.75, 3.05) is 32.8 Å². The summed E-state index contributed by atoms with van der Waals surface area (Å²) in [5.41, 5.74) is 0.887. The number of para-hydroxylation sites is 1. The highest BCUT2D eigenvalue weighted by molar-refractivity contribution is 5.92. The Morgan fingerprint density at radius 2 is 1.97 bits per heavy atom. The van der Waals surface area contributed by atoms with Crippen LogP contribution in [0.15, 0.2) is 29.3 Å². The van der Waals surface area contributed by atoms with Crippen molar-refractivity contribution in [3.63, 3.8) is 0 Å². The van der Waals surface area contributed by atoms with Gasteiger partial charge in [0.15, 0.2) is 6.19 Å². The van der Waals surface area contributed by atoms with E-state index in [2.05, 4.69) is 15.6 Å². The van der Waals surface area contributed by atoms with Crippen LogP contribution >= 0.6 is 0 Å². The molecule has 0 saturated carbocycles. The first-order valence-corrected chi connectivity index (χ1v) is 11.4. The van der Waals surface area contributed by atoms with Crippen LogP contribution in [0.3, 0.4) is 0 Å². The number of likely N-dealkylation sites (tertiary alicyclic amines) is 2. The minimum absolute atomic E-state index is 0.00747. The van der Waals surface area contributed by atoms with E-state index >= 15 is 0 Å². The van der Waals surface area contributed by atoms with E-state index in [1.165, 1.54) is 0 Å². The van der Waals surface area contributed by atoms with Crippen molar-refractivity contribution < 1.29 is 14.3 Å². The van der Waals surface area contributed by atoms with Crippen molar-refractivity contribution in [1.82, 2.24) is 20.4 Å². The first kappa shape index (κ1) is 23.4. The molecule has 0 radical (unpaired) electrons. The van der Waals surface area contributed by atoms with Gasteiger partial charge in [-0.3, -0.25) is 14.9 Å². The second kappa shape index (κ2) is 11.9. The summed E-state index contributed by atoms with van der Waals surface area (Å²) in [4.78, 5) is 33.7. The molecule has 2 aliphatic heterocycles. The molecule has 2 aliphatic rings. The van der Waals surface area contributed by atoms with Gasteiger partial charge in [-0.2, -0.15) is 5.26 Å². The highest BCUT2D eigenvalue weighted by Gasteiger charge is 2.30. The number of nitrogens with zero attached hydrogens (tertiary/aromatic N) is 4. The largest absolute Gasteiger partial charge is 0.494 e. The molecule has 2 saturated heterocycles. The number of nitriles is 1. The normalized spacial score (nSPS) is 19.3. The van der Waals surface area contributed by atoms with E-state index in [0.29, 0.717) is 26.1 Å². The predicted molar refractivity (Wildman–Crippen MR) is 121 cm³/mol. The molecular formula is C23H32N6O3. The smallest absolute Gasteiger partial charge is 0.245 e. The second-order valence-electron chi connectivity index (χ2n) is 7.98. The van der Waals surface area contributed by atoms with Crippen LogP contribution in [0, 0.1) is 11.5 Å². The number of ether oxygens (including phenoxy) is 1. The Hall–Kier alpha value is -3.28. The van der Waals surface area contributed by atoms with Gasteiger partial charge in [-0.1, -0.05) is 18.2 Å². The Labute approximate surface area is 189 Å². The summed E-state index contributed by atoms with van der Waals surface area (Å²) in [5, 5.41) is 14.8. The summed E-state index contributed by atoms with van der Waals surface area (Å²) >= 11 is 0. The van der Waals surface area contributed by atoms with Crippen LogP contribution in [0.5, 0.6) is 5.75 Å². The van der Waals surface area contributed by atoms with E-state index < -0.39 is 6.04 Å². The lowest BCUT2D eigenvalue weighted by Crippen LogP contribution is -2.52. The van der Waals surface area contributed by atoms with Crippen LogP contribution in [-0.4, -0.2) is 66.4 Å². The van der Waals surface area contributed by atoms with Crippen molar-refractivity contribution in [1.29, 1.82) is 5.26 Å². The number of nitrogens with one attached hydrogen (secondary N) is 2. The van der Waals surface area contributed by atoms with Gasteiger partial charge in [-0.15, -0.1) is 0 Å². The van der Waals surface area contributed by atoms with Crippen molar-refractivity contribution >= 4 is 17.8 Å². The predicted octanol–water partition coefficient (Wildman–Crippen LogP) is 1.61. The molecule has 172 valence electrons. The van der Waals surface area contributed by atoms with Crippen molar-refractivity contribution in [3.05, 3.63) is 29.8 Å². The monoisotopic (exact) mass is 440 g/mol. The molecule has 2 fully saturated rings. The molecule has 1 aromatic rings. The van der Waals surface area contributed by atoms with Gasteiger partial charge in [0.2, 0.25) is 17.8 Å². The Morgan fingerprint density at radius 1 is 1.22 bits per heavy atom. The number of guanidine groups is 1. The summed E-state index contributed by atoms with van der Waals surface area (Å²) in [5.74, 6) is 0.863. The average molecular weight is 441 g/mol. The third kappa shape index (κ3) is 6.36. The summed E-state index contributed by atoms with van der Waals surface area (Å²) in [6.07, 6.45) is 6.25. The molecule has 3 rings (SSSR count). The highest BCUT2D eigenvalue weighted by atomic mass is 16.5. The fourth-order valence-electron chi connectivity index (χ4n) is 4.06. The maximum Gasteiger partial charge on any atom is 0.245 e. The zero-order chi connectivity index (χ0) is 22.8. The molecule has 0 unspecified atom stereocenters. The molecule has 0 aromatic heterocycles. The number of rotatable bonds is 7. The van der Waals surface area contributed by atoms with E-state index in [0.717, 1.165) is 50.1 Å². The number of hydrogen-bond acceptors (Lipinski definition) is 5. The van der Waals surface area contributed by atoms with E-state index in [4.69, 9.17) is 10.00 Å². The lowest BCUT2D eigenvalue weighted by Gasteiger charge is -2.27. The molecule has 9 nitrogen and oxygen atoms in total. The number of aliphatic imine (C=N–C) groups is 1. The van der Waals surface area contributed by atoms with Gasteiger partial charge in [-0.25, -0.2) is 4.99 Å². The minimum Gasteiger partial charge on any atom is -0.494 e. The molecule has 2 amide bonds. The lowest BCUT2D eigenvalue weighted by molar-refractivity contribution is -0.140. The van der Waals surface area contributed by atoms with Crippen LogP contribution in [-0.2, 0) is 16.1 Å². The van der Waals surface area contributed by atoms with Crippen LogP contribution in [0.1, 0.15) is 44.6 Å². The van der Waals surface area contributed by atoms with Gasteiger partial charge >= 0.3 is 0 Å². The fraction of sp³-hybridized carbons (Fsp3) is 0.565. The summed E-state index contributed by atoms with van der Waals surface area (Å²) in [6.45, 7) is 4.98. The van der Waals surface area contributed by atoms with E-state index in [1.807, 2.05) is 42.3 Å². The molecule has 2 heterocycles. The molecular weight excluding hydrogens is 408 g/mol. The summed E-state index contributed by atoms with van der Waals surface area (Å²) in [6, 6.07) is 7.06. The number of amides is 2. The highest BCUT2D eigenvalue weighted by Crippen LogP contribution is 2.19. The Kier molecular flexibility index (Phi) is 8.72. The van der Waals surface area contributed by atoms with Crippen molar-refractivity contribution in [2.24, 2.45) is 4.99 Å². The Bertz CT molecular complexity index is 860. The molecule has 0 spiro atoms. The van der Waals surface area contributed by atoms with Crippen molar-refractivity contribution in [2.45, 2.75) is 51.6 Å². The zero-order valence-corrected chi connectivity index (χ0v) is 18.7. The third-order valence-electron chi connectivity index (χ3n) is 5.73. The molecule has 1 atom stereocenters. The van der Waals surface area contributed by atoms with E-state index in [-0.39, 0.29) is 24.3 Å². The fourth-order valence-corrected chi connectivity index (χ4v) is 4.06.